The van der Waals surface area contributed by atoms with Crippen molar-refractivity contribution in [2.75, 3.05) is 0 Å². The van der Waals surface area contributed by atoms with E-state index < -0.39 is 5.60 Å². The number of fused-ring (bicyclic) bond motifs is 5. The maximum atomic E-state index is 13.0. The van der Waals surface area contributed by atoms with Crippen molar-refractivity contribution in [3.05, 3.63) is 18.1 Å². The van der Waals surface area contributed by atoms with E-state index in [4.69, 9.17) is 4.74 Å². The summed E-state index contributed by atoms with van der Waals surface area (Å²) >= 11 is 0. The quantitative estimate of drug-likeness (QED) is 0.324. The second-order valence-electron chi connectivity index (χ2n) is 14.7. The first-order chi connectivity index (χ1) is 16.5. The third-order valence-electron chi connectivity index (χ3n) is 12.1. The second kappa shape index (κ2) is 8.95. The average molecular weight is 500 g/mol. The Hall–Kier alpha value is -1.16. The first-order valence-electron chi connectivity index (χ1n) is 14.4. The van der Waals surface area contributed by atoms with Crippen LogP contribution in [0.5, 0.6) is 0 Å². The molecule has 9 unspecified atom stereocenters. The highest BCUT2D eigenvalue weighted by molar-refractivity contribution is 5.85. The van der Waals surface area contributed by atoms with Gasteiger partial charge in [-0.15, -0.1) is 0 Å². The van der Waals surface area contributed by atoms with Crippen molar-refractivity contribution in [2.45, 2.75) is 125 Å². The largest absolute Gasteiger partial charge is 0.462 e. The van der Waals surface area contributed by atoms with Crippen LogP contribution in [0.15, 0.2) is 11.6 Å². The number of ether oxygens (including phenoxy) is 1. The zero-order valence-corrected chi connectivity index (χ0v) is 24.4. The molecule has 4 nitrogen and oxygen atoms in total. The number of carbonyl (C=O) groups excluding carboxylic acids is 2. The van der Waals surface area contributed by atoms with E-state index in [0.717, 1.165) is 44.9 Å². The molecule has 4 aliphatic rings. The van der Waals surface area contributed by atoms with E-state index >= 15 is 0 Å². The highest BCUT2D eigenvalue weighted by Crippen LogP contribution is 2.75. The number of hydrogen-bond acceptors (Lipinski definition) is 4. The van der Waals surface area contributed by atoms with E-state index in [2.05, 4.69) is 61.0 Å². The topological polar surface area (TPSA) is 63.6 Å². The lowest BCUT2D eigenvalue weighted by atomic mass is 9.35. The van der Waals surface area contributed by atoms with Gasteiger partial charge >= 0.3 is 5.97 Å². The summed E-state index contributed by atoms with van der Waals surface area (Å²) in [4.78, 5) is 25.4. The van der Waals surface area contributed by atoms with Crippen molar-refractivity contribution in [1.82, 2.24) is 0 Å². The van der Waals surface area contributed by atoms with E-state index in [-0.39, 0.29) is 51.5 Å². The summed E-state index contributed by atoms with van der Waals surface area (Å²) < 4.78 is 6.19. The van der Waals surface area contributed by atoms with Gasteiger partial charge in [0.1, 0.15) is 11.9 Å². The predicted octanol–water partition coefficient (Wildman–Crippen LogP) is 7.09. The Bertz CT molecular complexity index is 926. The van der Waals surface area contributed by atoms with Gasteiger partial charge in [0.25, 0.3) is 0 Å². The Labute approximate surface area is 220 Å². The summed E-state index contributed by atoms with van der Waals surface area (Å²) in [6, 6.07) is 0. The summed E-state index contributed by atoms with van der Waals surface area (Å²) in [5.74, 6) is 1.01. The maximum absolute atomic E-state index is 13.0. The summed E-state index contributed by atoms with van der Waals surface area (Å²) in [5, 5.41) is 11.8. The lowest BCUT2D eigenvalue weighted by Gasteiger charge is -2.69. The molecule has 1 radical (unpaired) electrons. The van der Waals surface area contributed by atoms with Crippen LogP contribution in [-0.2, 0) is 14.3 Å². The molecule has 0 aromatic rings. The molecule has 4 rings (SSSR count). The smallest absolute Gasteiger partial charge is 0.302 e. The molecule has 9 atom stereocenters. The molecular formula is C32H51O4. The molecule has 4 heteroatoms. The zero-order valence-electron chi connectivity index (χ0n) is 24.4. The lowest BCUT2D eigenvalue weighted by Crippen LogP contribution is -2.66. The Balaban J connectivity index is 1.75. The summed E-state index contributed by atoms with van der Waals surface area (Å²) in [7, 11) is 0. The number of aliphatic hydroxyl groups is 1. The van der Waals surface area contributed by atoms with Crippen LogP contribution in [0.4, 0.5) is 0 Å². The minimum atomic E-state index is -0.806. The fourth-order valence-electron chi connectivity index (χ4n) is 10.0. The number of ketones is 1. The Morgan fingerprint density at radius 2 is 1.81 bits per heavy atom. The molecule has 0 amide bonds. The van der Waals surface area contributed by atoms with Gasteiger partial charge in [0.2, 0.25) is 0 Å². The second-order valence-corrected chi connectivity index (χ2v) is 14.7. The standard InChI is InChI=1S/C32H51O4/c1-20(2)11-10-15-32(9,35)22-12-17-31(8)27(22)23(36-21(3)33)19-25-29(6)16-14-26(34)28(4,5)24(29)13-18-30(25,31)7/h11,13,22-25,27,35H,10,12,14-19H2,1-9H3. The van der Waals surface area contributed by atoms with E-state index in [0.29, 0.717) is 18.1 Å². The Kier molecular flexibility index (Phi) is 6.93. The fourth-order valence-corrected chi connectivity index (χ4v) is 10.0. The average Bonchev–Trinajstić information content (AvgIpc) is 3.12. The number of carbonyl (C=O) groups is 2. The molecule has 0 saturated heterocycles. The van der Waals surface area contributed by atoms with E-state index in [1.807, 2.05) is 6.92 Å². The van der Waals surface area contributed by atoms with Crippen molar-refractivity contribution in [2.24, 2.45) is 45.3 Å². The first-order valence-corrected chi connectivity index (χ1v) is 14.4. The van der Waals surface area contributed by atoms with Crippen molar-refractivity contribution in [1.29, 1.82) is 0 Å². The highest BCUT2D eigenvalue weighted by Gasteiger charge is 2.72. The number of esters is 1. The summed E-state index contributed by atoms with van der Waals surface area (Å²) in [6.45, 7) is 19.4. The summed E-state index contributed by atoms with van der Waals surface area (Å²) in [6.07, 6.45) is 11.5. The number of allylic oxidation sites excluding steroid dienone is 2. The normalized spacial score (nSPS) is 45.1. The van der Waals surface area contributed by atoms with Crippen LogP contribution in [0.25, 0.3) is 0 Å². The number of hydrogen-bond donors (Lipinski definition) is 1. The van der Waals surface area contributed by atoms with Crippen molar-refractivity contribution < 1.29 is 19.4 Å². The number of rotatable bonds is 5. The van der Waals surface area contributed by atoms with Gasteiger partial charge in [0.15, 0.2) is 0 Å². The van der Waals surface area contributed by atoms with Crippen LogP contribution in [0, 0.1) is 51.8 Å². The van der Waals surface area contributed by atoms with Crippen LogP contribution < -0.4 is 0 Å². The molecule has 203 valence electrons. The fraction of sp³-hybridized carbons (Fsp3) is 0.844. The molecule has 0 bridgehead atoms. The van der Waals surface area contributed by atoms with Crippen molar-refractivity contribution in [3.63, 3.8) is 0 Å². The minimum absolute atomic E-state index is 0.000834. The Morgan fingerprint density at radius 1 is 1.14 bits per heavy atom. The van der Waals surface area contributed by atoms with Gasteiger partial charge in [-0.3, -0.25) is 9.59 Å². The maximum Gasteiger partial charge on any atom is 0.302 e. The molecule has 0 aromatic carbocycles. The van der Waals surface area contributed by atoms with Gasteiger partial charge in [-0.05, 0) is 106 Å². The lowest BCUT2D eigenvalue weighted by molar-refractivity contribution is -0.227. The van der Waals surface area contributed by atoms with Crippen LogP contribution in [0.3, 0.4) is 0 Å². The van der Waals surface area contributed by atoms with E-state index in [9.17, 15) is 14.7 Å². The molecule has 36 heavy (non-hydrogen) atoms. The molecule has 4 saturated carbocycles. The predicted molar refractivity (Wildman–Crippen MR) is 144 cm³/mol. The summed E-state index contributed by atoms with van der Waals surface area (Å²) in [5.41, 5.74) is 0.122. The van der Waals surface area contributed by atoms with Gasteiger partial charge in [0.05, 0.1) is 5.60 Å². The van der Waals surface area contributed by atoms with Gasteiger partial charge in [-0.1, -0.05) is 46.3 Å². The highest BCUT2D eigenvalue weighted by atomic mass is 16.5. The van der Waals surface area contributed by atoms with Gasteiger partial charge in [0, 0.05) is 24.7 Å². The zero-order chi connectivity index (χ0) is 26.9. The van der Waals surface area contributed by atoms with E-state index in [1.165, 1.54) is 12.5 Å². The van der Waals surface area contributed by atoms with Gasteiger partial charge in [-0.2, -0.15) is 0 Å². The molecular weight excluding hydrogens is 448 g/mol. The van der Waals surface area contributed by atoms with Crippen molar-refractivity contribution >= 4 is 11.8 Å². The molecule has 0 aromatic heterocycles. The molecule has 0 spiro atoms. The molecule has 1 N–H and O–H groups in total. The third-order valence-corrected chi connectivity index (χ3v) is 12.1. The monoisotopic (exact) mass is 499 g/mol. The van der Waals surface area contributed by atoms with Crippen LogP contribution >= 0.6 is 0 Å². The van der Waals surface area contributed by atoms with Crippen LogP contribution in [-0.4, -0.2) is 28.6 Å². The Morgan fingerprint density at radius 3 is 2.42 bits per heavy atom. The SMILES string of the molecule is CC(=O)OC1CC2C3(C)CCC(=O)C(C)(C)C3[CH]CC2(C)C2(C)CCC(C(C)(O)CCC=C(C)C)C12. The molecule has 4 aliphatic carbocycles. The minimum Gasteiger partial charge on any atom is -0.462 e. The van der Waals surface area contributed by atoms with Gasteiger partial charge in [-0.25, -0.2) is 0 Å². The van der Waals surface area contributed by atoms with Crippen LogP contribution in [0.1, 0.15) is 114 Å². The van der Waals surface area contributed by atoms with Gasteiger partial charge < -0.3 is 9.84 Å². The first kappa shape index (κ1) is 27.9. The number of Topliss-reactive ketones (excluding diaryl/α,β-unsaturated/α-hetero) is 1. The van der Waals surface area contributed by atoms with E-state index in [1.54, 1.807) is 0 Å². The molecule has 0 aliphatic heterocycles. The molecule has 0 heterocycles. The van der Waals surface area contributed by atoms with Crippen LogP contribution in [0.2, 0.25) is 0 Å². The third kappa shape index (κ3) is 4.03. The van der Waals surface area contributed by atoms with Crippen molar-refractivity contribution in [3.8, 4) is 0 Å². The molecule has 4 fully saturated rings.